The second-order valence-electron chi connectivity index (χ2n) is 7.28. The largest absolute Gasteiger partial charge is 0.462 e. The van der Waals surface area contributed by atoms with E-state index in [1.54, 1.807) is 13.8 Å². The number of nitrogens with zero attached hydrogens (tertiary/aromatic N) is 3. The third-order valence-electron chi connectivity index (χ3n) is 4.97. The fourth-order valence-corrected chi connectivity index (χ4v) is 4.32. The zero-order valence-corrected chi connectivity index (χ0v) is 19.8. The van der Waals surface area contributed by atoms with Gasteiger partial charge in [0.15, 0.2) is 5.16 Å². The summed E-state index contributed by atoms with van der Waals surface area (Å²) in [4.78, 5) is 37.3. The van der Waals surface area contributed by atoms with E-state index in [-0.39, 0.29) is 35.3 Å². The maximum atomic E-state index is 13.0. The molecule has 3 rings (SSSR count). The molecule has 0 fully saturated rings. The number of hydrogen-bond acceptors (Lipinski definition) is 9. The molecule has 1 unspecified atom stereocenters. The van der Waals surface area contributed by atoms with Crippen LogP contribution in [0.4, 0.5) is 11.8 Å². The highest BCUT2D eigenvalue weighted by Gasteiger charge is 2.31. The summed E-state index contributed by atoms with van der Waals surface area (Å²) in [6.07, 6.45) is 0.795. The van der Waals surface area contributed by atoms with Crippen LogP contribution in [0, 0.1) is 6.92 Å². The van der Waals surface area contributed by atoms with Crippen molar-refractivity contribution in [2.45, 2.75) is 38.4 Å². The summed E-state index contributed by atoms with van der Waals surface area (Å²) in [5.41, 5.74) is 12.2. The number of rotatable bonds is 10. The van der Waals surface area contributed by atoms with E-state index in [0.29, 0.717) is 10.9 Å². The Kier molecular flexibility index (Phi) is 7.95. The second-order valence-corrected chi connectivity index (χ2v) is 8.34. The number of ether oxygens (including phenoxy) is 1. The van der Waals surface area contributed by atoms with Crippen LogP contribution in [0.15, 0.2) is 39.9 Å². The Morgan fingerprint density at radius 1 is 1.21 bits per heavy atom. The Morgan fingerprint density at radius 2 is 1.91 bits per heavy atom. The van der Waals surface area contributed by atoms with E-state index in [1.807, 2.05) is 30.3 Å². The van der Waals surface area contributed by atoms with Crippen LogP contribution in [0.25, 0.3) is 0 Å². The normalized spacial score (nSPS) is 11.7. The Labute approximate surface area is 200 Å². The number of aromatic nitrogens is 3. The number of nitrogens with one attached hydrogen (secondary N) is 1. The molecule has 12 heteroatoms. The molecule has 0 aliphatic carbocycles. The number of anilines is 2. The molecular weight excluding hydrogens is 460 g/mol. The highest BCUT2D eigenvalue weighted by molar-refractivity contribution is 7.99. The summed E-state index contributed by atoms with van der Waals surface area (Å²) in [7, 11) is 0. The van der Waals surface area contributed by atoms with E-state index in [0.717, 1.165) is 6.42 Å². The Balaban J connectivity index is 1.78. The molecule has 1 aromatic carbocycles. The predicted molar refractivity (Wildman–Crippen MR) is 127 cm³/mol. The minimum Gasteiger partial charge on any atom is -0.462 e. The predicted octanol–water partition coefficient (Wildman–Crippen LogP) is 2.57. The van der Waals surface area contributed by atoms with Crippen molar-refractivity contribution < 1.29 is 23.5 Å². The fraction of sp³-hybridized carbons (Fsp3) is 0.318. The van der Waals surface area contributed by atoms with Crippen molar-refractivity contribution in [3.63, 3.8) is 0 Å². The zero-order chi connectivity index (χ0) is 24.8. The zero-order valence-electron chi connectivity index (χ0n) is 19.0. The number of amides is 2. The Hall–Kier alpha value is -3.80. The Morgan fingerprint density at radius 3 is 2.56 bits per heavy atom. The van der Waals surface area contributed by atoms with Crippen molar-refractivity contribution in [1.29, 1.82) is 0 Å². The molecule has 2 amide bonds. The number of thioether (sulfide) groups is 1. The van der Waals surface area contributed by atoms with Crippen molar-refractivity contribution in [2.24, 2.45) is 5.73 Å². The van der Waals surface area contributed by atoms with Gasteiger partial charge in [0.1, 0.15) is 22.9 Å². The van der Waals surface area contributed by atoms with Crippen LogP contribution in [0.3, 0.4) is 0 Å². The fourth-order valence-electron chi connectivity index (χ4n) is 3.31. The number of esters is 1. The molecule has 0 saturated heterocycles. The van der Waals surface area contributed by atoms with Crippen LogP contribution >= 0.6 is 11.8 Å². The molecule has 0 radical (unpaired) electrons. The van der Waals surface area contributed by atoms with Gasteiger partial charge in [0, 0.05) is 5.75 Å². The van der Waals surface area contributed by atoms with Gasteiger partial charge < -0.3 is 20.6 Å². The van der Waals surface area contributed by atoms with Crippen LogP contribution in [0.2, 0.25) is 0 Å². The molecule has 0 spiro atoms. The summed E-state index contributed by atoms with van der Waals surface area (Å²) >= 11 is 1.41. The SMILES string of the molecule is CCOC(=O)c1c(C)oc(NC(=O)C(C)n2c(N)nnc2SCCc2ccccc2)c1C(N)=O. The van der Waals surface area contributed by atoms with Gasteiger partial charge in [-0.1, -0.05) is 42.1 Å². The smallest absolute Gasteiger partial charge is 0.342 e. The van der Waals surface area contributed by atoms with E-state index >= 15 is 0 Å². The van der Waals surface area contributed by atoms with E-state index < -0.39 is 23.8 Å². The summed E-state index contributed by atoms with van der Waals surface area (Å²) in [6, 6.07) is 9.10. The molecular formula is C22H26N6O5S. The van der Waals surface area contributed by atoms with Crippen LogP contribution in [-0.4, -0.2) is 44.9 Å². The van der Waals surface area contributed by atoms with Crippen molar-refractivity contribution in [3.05, 3.63) is 52.8 Å². The van der Waals surface area contributed by atoms with Crippen LogP contribution in [0.1, 0.15) is 51.9 Å². The van der Waals surface area contributed by atoms with Crippen molar-refractivity contribution >= 4 is 41.4 Å². The van der Waals surface area contributed by atoms with Gasteiger partial charge in [0.2, 0.25) is 17.7 Å². The van der Waals surface area contributed by atoms with Crippen molar-refractivity contribution in [1.82, 2.24) is 14.8 Å². The number of benzene rings is 1. The maximum absolute atomic E-state index is 13.0. The molecule has 0 aliphatic heterocycles. The summed E-state index contributed by atoms with van der Waals surface area (Å²) < 4.78 is 11.9. The minimum absolute atomic E-state index is 0.0582. The summed E-state index contributed by atoms with van der Waals surface area (Å²) in [6.45, 7) is 4.79. The van der Waals surface area contributed by atoms with Gasteiger partial charge in [-0.3, -0.25) is 19.5 Å². The molecule has 180 valence electrons. The molecule has 1 atom stereocenters. The number of hydrogen-bond donors (Lipinski definition) is 3. The molecule has 2 aromatic heterocycles. The first-order valence-electron chi connectivity index (χ1n) is 10.5. The standard InChI is InChI=1S/C22H26N6O5S/c1-4-32-20(31)15-13(3)33-19(16(15)17(23)29)25-18(30)12(2)28-21(24)26-27-22(28)34-11-10-14-8-6-5-7-9-14/h5-9,12H,4,10-11H2,1-3H3,(H2,23,29)(H2,24,26)(H,25,30). The van der Waals surface area contributed by atoms with Gasteiger partial charge in [-0.25, -0.2) is 4.79 Å². The summed E-state index contributed by atoms with van der Waals surface area (Å²) in [5, 5.41) is 11.0. The highest BCUT2D eigenvalue weighted by atomic mass is 32.2. The topological polar surface area (TPSA) is 168 Å². The van der Waals surface area contributed by atoms with Crippen LogP contribution in [-0.2, 0) is 16.0 Å². The number of aryl methyl sites for hydroxylation is 2. The molecule has 5 N–H and O–H groups in total. The lowest BCUT2D eigenvalue weighted by Crippen LogP contribution is -2.26. The number of furan rings is 1. The van der Waals surface area contributed by atoms with E-state index in [4.69, 9.17) is 20.6 Å². The molecule has 2 heterocycles. The summed E-state index contributed by atoms with van der Waals surface area (Å²) in [5.74, 6) is -1.67. The number of nitrogens with two attached hydrogens (primary N) is 2. The van der Waals surface area contributed by atoms with E-state index in [1.165, 1.54) is 28.8 Å². The van der Waals surface area contributed by atoms with Gasteiger partial charge in [-0.15, -0.1) is 10.2 Å². The average molecular weight is 487 g/mol. The third-order valence-corrected chi connectivity index (χ3v) is 5.91. The molecule has 0 saturated carbocycles. The van der Waals surface area contributed by atoms with Gasteiger partial charge in [0.25, 0.3) is 5.91 Å². The highest BCUT2D eigenvalue weighted by Crippen LogP contribution is 2.29. The Bertz CT molecular complexity index is 1190. The minimum atomic E-state index is -0.941. The van der Waals surface area contributed by atoms with Gasteiger partial charge in [0.05, 0.1) is 6.61 Å². The lowest BCUT2D eigenvalue weighted by Gasteiger charge is -2.16. The van der Waals surface area contributed by atoms with Crippen LogP contribution in [0.5, 0.6) is 0 Å². The molecule has 0 bridgehead atoms. The first kappa shape index (κ1) is 24.8. The van der Waals surface area contributed by atoms with Crippen molar-refractivity contribution in [3.8, 4) is 0 Å². The van der Waals surface area contributed by atoms with Crippen molar-refractivity contribution in [2.75, 3.05) is 23.4 Å². The van der Waals surface area contributed by atoms with Gasteiger partial charge in [-0.05, 0) is 32.8 Å². The average Bonchev–Trinajstić information content (AvgIpc) is 3.33. The van der Waals surface area contributed by atoms with E-state index in [2.05, 4.69) is 15.5 Å². The lowest BCUT2D eigenvalue weighted by atomic mass is 10.1. The molecule has 11 nitrogen and oxygen atoms in total. The number of primary amides is 1. The second kappa shape index (κ2) is 10.9. The monoisotopic (exact) mass is 486 g/mol. The lowest BCUT2D eigenvalue weighted by molar-refractivity contribution is -0.119. The van der Waals surface area contributed by atoms with E-state index in [9.17, 15) is 14.4 Å². The number of nitrogen functional groups attached to an aromatic ring is 1. The number of carbonyl (C=O) groups excluding carboxylic acids is 3. The first-order chi connectivity index (χ1) is 16.2. The quantitative estimate of drug-likeness (QED) is 0.288. The maximum Gasteiger partial charge on any atom is 0.342 e. The molecule has 34 heavy (non-hydrogen) atoms. The van der Waals surface area contributed by atoms with Gasteiger partial charge >= 0.3 is 5.97 Å². The molecule has 0 aliphatic rings. The number of carbonyl (C=O) groups is 3. The third kappa shape index (κ3) is 5.39. The molecule has 3 aromatic rings. The van der Waals surface area contributed by atoms with Gasteiger partial charge in [-0.2, -0.15) is 0 Å². The van der Waals surface area contributed by atoms with Crippen LogP contribution < -0.4 is 16.8 Å². The first-order valence-corrected chi connectivity index (χ1v) is 11.5.